The van der Waals surface area contributed by atoms with Crippen LogP contribution in [0.5, 0.6) is 0 Å². The highest BCUT2D eigenvalue weighted by molar-refractivity contribution is 7.17. The van der Waals surface area contributed by atoms with Gasteiger partial charge in [0.05, 0.1) is 11.4 Å². The Kier molecular flexibility index (Phi) is 4.09. The van der Waals surface area contributed by atoms with Crippen LogP contribution in [-0.4, -0.2) is 37.3 Å². The fraction of sp³-hybridized carbons (Fsp3) is 0.278. The largest absolute Gasteiger partial charge is 0.475 e. The van der Waals surface area contributed by atoms with E-state index < -0.39 is 5.97 Å². The number of hydrogen-bond donors (Lipinski definition) is 1. The summed E-state index contributed by atoms with van der Waals surface area (Å²) in [5.41, 5.74) is 1.94. The lowest BCUT2D eigenvalue weighted by Gasteiger charge is -2.23. The molecule has 0 atom stereocenters. The van der Waals surface area contributed by atoms with Gasteiger partial charge in [0.25, 0.3) is 0 Å². The van der Waals surface area contributed by atoms with Crippen LogP contribution in [0, 0.1) is 5.82 Å². The van der Waals surface area contributed by atoms with Crippen molar-refractivity contribution in [3.8, 4) is 0 Å². The van der Waals surface area contributed by atoms with E-state index in [0.29, 0.717) is 0 Å². The lowest BCUT2D eigenvalue weighted by atomic mass is 10.2. The number of thiophene rings is 1. The molecule has 0 spiro atoms. The Morgan fingerprint density at radius 3 is 2.76 bits per heavy atom. The SMILES string of the molecule is O=C(O)c1cc(N2CCCN(c3csc4cc(F)ccc34)CC2)co1. The number of rotatable bonds is 3. The molecule has 1 aliphatic heterocycles. The fourth-order valence-electron chi connectivity index (χ4n) is 3.25. The summed E-state index contributed by atoms with van der Waals surface area (Å²) in [6, 6.07) is 6.49. The minimum atomic E-state index is -1.06. The Morgan fingerprint density at radius 2 is 1.96 bits per heavy atom. The minimum Gasteiger partial charge on any atom is -0.475 e. The van der Waals surface area contributed by atoms with Crippen molar-refractivity contribution in [2.45, 2.75) is 6.42 Å². The minimum absolute atomic E-state index is 0.0399. The van der Waals surface area contributed by atoms with Gasteiger partial charge in [-0.2, -0.15) is 0 Å². The number of nitrogens with zero attached hydrogens (tertiary/aromatic N) is 2. The second kappa shape index (κ2) is 6.40. The van der Waals surface area contributed by atoms with Gasteiger partial charge in [-0.15, -0.1) is 11.3 Å². The maximum atomic E-state index is 13.4. The predicted octanol–water partition coefficient (Wildman–Crippen LogP) is 4.05. The number of carbonyl (C=O) groups is 1. The van der Waals surface area contributed by atoms with Gasteiger partial charge in [-0.3, -0.25) is 0 Å². The van der Waals surface area contributed by atoms with Crippen molar-refractivity contribution < 1.29 is 18.7 Å². The van der Waals surface area contributed by atoms with Crippen molar-refractivity contribution in [2.24, 2.45) is 0 Å². The summed E-state index contributed by atoms with van der Waals surface area (Å²) in [6.45, 7) is 3.34. The highest BCUT2D eigenvalue weighted by atomic mass is 32.1. The van der Waals surface area contributed by atoms with Gasteiger partial charge < -0.3 is 19.3 Å². The van der Waals surface area contributed by atoms with Gasteiger partial charge in [0, 0.05) is 47.7 Å². The van der Waals surface area contributed by atoms with E-state index >= 15 is 0 Å². The van der Waals surface area contributed by atoms with Crippen LogP contribution < -0.4 is 9.80 Å². The van der Waals surface area contributed by atoms with Crippen LogP contribution >= 0.6 is 11.3 Å². The Hall–Kier alpha value is -2.54. The van der Waals surface area contributed by atoms with Crippen LogP contribution in [-0.2, 0) is 0 Å². The average Bonchev–Trinajstić information content (AvgIpc) is 3.17. The average molecular weight is 360 g/mol. The molecule has 3 heterocycles. The number of aromatic carboxylic acids is 1. The molecule has 130 valence electrons. The number of halogens is 1. The van der Waals surface area contributed by atoms with E-state index in [1.165, 1.54) is 12.3 Å². The molecule has 7 heteroatoms. The van der Waals surface area contributed by atoms with E-state index in [1.807, 2.05) is 6.07 Å². The molecule has 1 fully saturated rings. The number of carboxylic acids is 1. The summed E-state index contributed by atoms with van der Waals surface area (Å²) in [7, 11) is 0. The summed E-state index contributed by atoms with van der Waals surface area (Å²) < 4.78 is 19.4. The van der Waals surface area contributed by atoms with E-state index in [9.17, 15) is 9.18 Å². The summed E-state index contributed by atoms with van der Waals surface area (Å²) >= 11 is 1.56. The summed E-state index contributed by atoms with van der Waals surface area (Å²) in [5.74, 6) is -1.31. The maximum Gasteiger partial charge on any atom is 0.371 e. The topological polar surface area (TPSA) is 56.9 Å². The van der Waals surface area contributed by atoms with Crippen LogP contribution in [0.2, 0.25) is 0 Å². The van der Waals surface area contributed by atoms with Crippen molar-refractivity contribution in [1.82, 2.24) is 0 Å². The Morgan fingerprint density at radius 1 is 1.16 bits per heavy atom. The third kappa shape index (κ3) is 3.07. The Balaban J connectivity index is 1.53. The first kappa shape index (κ1) is 16.0. The summed E-state index contributed by atoms with van der Waals surface area (Å²) in [6.07, 6.45) is 2.45. The van der Waals surface area contributed by atoms with Crippen LogP contribution in [0.3, 0.4) is 0 Å². The van der Waals surface area contributed by atoms with Gasteiger partial charge in [0.15, 0.2) is 0 Å². The van der Waals surface area contributed by atoms with E-state index in [0.717, 1.165) is 54.1 Å². The molecule has 25 heavy (non-hydrogen) atoms. The monoisotopic (exact) mass is 360 g/mol. The second-order valence-electron chi connectivity index (χ2n) is 6.06. The number of hydrogen-bond acceptors (Lipinski definition) is 5. The van der Waals surface area contributed by atoms with Gasteiger partial charge in [-0.25, -0.2) is 9.18 Å². The Bertz CT molecular complexity index is 920. The van der Waals surface area contributed by atoms with Crippen molar-refractivity contribution >= 4 is 38.8 Å². The molecule has 0 radical (unpaired) electrons. The zero-order valence-electron chi connectivity index (χ0n) is 13.4. The highest BCUT2D eigenvalue weighted by Gasteiger charge is 2.20. The van der Waals surface area contributed by atoms with Crippen molar-refractivity contribution in [3.05, 3.63) is 47.5 Å². The molecular weight excluding hydrogens is 343 g/mol. The molecular formula is C18H17FN2O3S. The molecule has 0 aliphatic carbocycles. The number of anilines is 2. The highest BCUT2D eigenvalue weighted by Crippen LogP contribution is 2.34. The van der Waals surface area contributed by atoms with Crippen molar-refractivity contribution in [3.63, 3.8) is 0 Å². The van der Waals surface area contributed by atoms with Crippen LogP contribution in [0.4, 0.5) is 15.8 Å². The van der Waals surface area contributed by atoms with Gasteiger partial charge in [-0.1, -0.05) is 0 Å². The van der Waals surface area contributed by atoms with E-state index in [2.05, 4.69) is 15.2 Å². The summed E-state index contributed by atoms with van der Waals surface area (Å²) in [4.78, 5) is 15.4. The quantitative estimate of drug-likeness (QED) is 0.764. The lowest BCUT2D eigenvalue weighted by Crippen LogP contribution is -2.30. The molecule has 1 N–H and O–H groups in total. The van der Waals surface area contributed by atoms with E-state index in [-0.39, 0.29) is 11.6 Å². The first-order valence-electron chi connectivity index (χ1n) is 8.10. The molecule has 0 bridgehead atoms. The Labute approximate surface area is 147 Å². The first-order chi connectivity index (χ1) is 12.1. The van der Waals surface area contributed by atoms with E-state index in [1.54, 1.807) is 23.5 Å². The molecule has 1 aliphatic rings. The molecule has 3 aromatic rings. The van der Waals surface area contributed by atoms with Crippen LogP contribution in [0.15, 0.2) is 40.3 Å². The third-order valence-corrected chi connectivity index (χ3v) is 5.45. The number of fused-ring (bicyclic) bond motifs is 1. The molecule has 4 rings (SSSR count). The number of carboxylic acid groups (broad SMARTS) is 1. The van der Waals surface area contributed by atoms with E-state index in [4.69, 9.17) is 9.52 Å². The number of furan rings is 1. The van der Waals surface area contributed by atoms with Gasteiger partial charge in [0.1, 0.15) is 12.1 Å². The number of benzene rings is 1. The molecule has 5 nitrogen and oxygen atoms in total. The molecule has 1 saturated heterocycles. The molecule has 0 saturated carbocycles. The normalized spacial score (nSPS) is 15.6. The molecule has 2 aromatic heterocycles. The summed E-state index contributed by atoms with van der Waals surface area (Å²) in [5, 5.41) is 12.2. The smallest absolute Gasteiger partial charge is 0.371 e. The van der Waals surface area contributed by atoms with Crippen LogP contribution in [0.25, 0.3) is 10.1 Å². The predicted molar refractivity (Wildman–Crippen MR) is 96.5 cm³/mol. The van der Waals surface area contributed by atoms with Crippen LogP contribution in [0.1, 0.15) is 17.0 Å². The zero-order chi connectivity index (χ0) is 17.4. The van der Waals surface area contributed by atoms with Gasteiger partial charge >= 0.3 is 5.97 Å². The molecule has 0 amide bonds. The van der Waals surface area contributed by atoms with Gasteiger partial charge in [0.2, 0.25) is 5.76 Å². The standard InChI is InChI=1S/C18H17FN2O3S/c19-12-2-3-14-15(11-25-17(14)8-12)21-5-1-4-20(6-7-21)13-9-16(18(22)23)24-10-13/h2-3,8-11H,1,4-7H2,(H,22,23). The lowest BCUT2D eigenvalue weighted by molar-refractivity contribution is 0.0662. The maximum absolute atomic E-state index is 13.4. The van der Waals surface area contributed by atoms with Gasteiger partial charge in [-0.05, 0) is 24.6 Å². The molecule has 1 aromatic carbocycles. The zero-order valence-corrected chi connectivity index (χ0v) is 14.3. The second-order valence-corrected chi connectivity index (χ2v) is 6.97. The fourth-order valence-corrected chi connectivity index (χ4v) is 4.25. The van der Waals surface area contributed by atoms with Crippen molar-refractivity contribution in [2.75, 3.05) is 36.0 Å². The first-order valence-corrected chi connectivity index (χ1v) is 8.98. The third-order valence-electron chi connectivity index (χ3n) is 4.52. The van der Waals surface area contributed by atoms with Crippen molar-refractivity contribution in [1.29, 1.82) is 0 Å². The molecule has 0 unspecified atom stereocenters.